The predicted molar refractivity (Wildman–Crippen MR) is 63.0 cm³/mol. The summed E-state index contributed by atoms with van der Waals surface area (Å²) in [5.74, 6) is -0.178. The Morgan fingerprint density at radius 1 is 1.50 bits per heavy atom. The Labute approximate surface area is 97.3 Å². The van der Waals surface area contributed by atoms with Gasteiger partial charge in [0.1, 0.15) is 0 Å². The molecular formula is C11H24N2O3. The summed E-state index contributed by atoms with van der Waals surface area (Å²) in [5, 5.41) is 11.7. The van der Waals surface area contributed by atoms with E-state index in [2.05, 4.69) is 5.32 Å². The van der Waals surface area contributed by atoms with Gasteiger partial charge in [-0.15, -0.1) is 0 Å². The molecule has 0 aliphatic heterocycles. The standard InChI is InChI=1S/C11H24N2O3/c1-3-4-9(7-12)11(15)13-10(5-6-14)8-16-2/h9-10,14H,3-8,12H2,1-2H3,(H,13,15). The lowest BCUT2D eigenvalue weighted by Crippen LogP contribution is -2.43. The van der Waals surface area contributed by atoms with Gasteiger partial charge in [0, 0.05) is 20.3 Å². The van der Waals surface area contributed by atoms with Crippen molar-refractivity contribution in [3.05, 3.63) is 0 Å². The van der Waals surface area contributed by atoms with Crippen LogP contribution in [0, 0.1) is 5.92 Å². The molecule has 0 heterocycles. The van der Waals surface area contributed by atoms with Gasteiger partial charge in [-0.25, -0.2) is 0 Å². The molecule has 0 aliphatic carbocycles. The fourth-order valence-corrected chi connectivity index (χ4v) is 1.58. The van der Waals surface area contributed by atoms with E-state index in [1.54, 1.807) is 7.11 Å². The summed E-state index contributed by atoms with van der Waals surface area (Å²) < 4.78 is 4.97. The Balaban J connectivity index is 4.13. The maximum atomic E-state index is 11.8. The first kappa shape index (κ1) is 15.3. The molecule has 0 bridgehead atoms. The van der Waals surface area contributed by atoms with Gasteiger partial charge in [0.25, 0.3) is 0 Å². The fraction of sp³-hybridized carbons (Fsp3) is 0.909. The van der Waals surface area contributed by atoms with E-state index in [1.165, 1.54) is 0 Å². The molecule has 0 aromatic rings. The molecule has 5 heteroatoms. The SMILES string of the molecule is CCCC(CN)C(=O)NC(CCO)COC. The molecule has 0 aliphatic rings. The zero-order valence-electron chi connectivity index (χ0n) is 10.2. The summed E-state index contributed by atoms with van der Waals surface area (Å²) in [6.07, 6.45) is 2.23. The molecule has 96 valence electrons. The Morgan fingerprint density at radius 3 is 2.62 bits per heavy atom. The second-order valence-corrected chi connectivity index (χ2v) is 3.89. The van der Waals surface area contributed by atoms with E-state index in [9.17, 15) is 4.79 Å². The van der Waals surface area contributed by atoms with Crippen LogP contribution in [-0.2, 0) is 9.53 Å². The number of ether oxygens (including phenoxy) is 1. The van der Waals surface area contributed by atoms with Crippen LogP contribution in [0.5, 0.6) is 0 Å². The fourth-order valence-electron chi connectivity index (χ4n) is 1.58. The van der Waals surface area contributed by atoms with Crippen molar-refractivity contribution in [1.29, 1.82) is 0 Å². The van der Waals surface area contributed by atoms with Crippen LogP contribution in [0.2, 0.25) is 0 Å². The van der Waals surface area contributed by atoms with Crippen molar-refractivity contribution in [3.63, 3.8) is 0 Å². The van der Waals surface area contributed by atoms with E-state index in [0.29, 0.717) is 19.6 Å². The molecule has 0 spiro atoms. The molecule has 2 atom stereocenters. The van der Waals surface area contributed by atoms with Crippen molar-refractivity contribution < 1.29 is 14.6 Å². The molecule has 2 unspecified atom stereocenters. The van der Waals surface area contributed by atoms with E-state index in [-0.39, 0.29) is 24.5 Å². The van der Waals surface area contributed by atoms with E-state index in [1.807, 2.05) is 6.92 Å². The molecule has 0 saturated heterocycles. The van der Waals surface area contributed by atoms with Gasteiger partial charge in [-0.05, 0) is 12.8 Å². The van der Waals surface area contributed by atoms with E-state index in [4.69, 9.17) is 15.6 Å². The Kier molecular flexibility index (Phi) is 9.18. The predicted octanol–water partition coefficient (Wildman–Crippen LogP) is -0.125. The summed E-state index contributed by atoms with van der Waals surface area (Å²) in [4.78, 5) is 11.8. The van der Waals surface area contributed by atoms with Gasteiger partial charge in [0.2, 0.25) is 5.91 Å². The second-order valence-electron chi connectivity index (χ2n) is 3.89. The molecule has 0 aromatic heterocycles. The van der Waals surface area contributed by atoms with Gasteiger partial charge in [-0.1, -0.05) is 13.3 Å². The number of methoxy groups -OCH3 is 1. The maximum absolute atomic E-state index is 11.8. The minimum Gasteiger partial charge on any atom is -0.396 e. The number of amides is 1. The summed E-state index contributed by atoms with van der Waals surface area (Å²) in [5.41, 5.74) is 5.54. The normalized spacial score (nSPS) is 14.5. The van der Waals surface area contributed by atoms with Crippen LogP contribution in [0.4, 0.5) is 0 Å². The summed E-state index contributed by atoms with van der Waals surface area (Å²) in [7, 11) is 1.57. The third-order valence-electron chi connectivity index (χ3n) is 2.48. The molecule has 1 amide bonds. The number of nitrogens with one attached hydrogen (secondary N) is 1. The lowest BCUT2D eigenvalue weighted by molar-refractivity contribution is -0.126. The molecular weight excluding hydrogens is 208 g/mol. The first-order chi connectivity index (χ1) is 7.69. The summed E-state index contributed by atoms with van der Waals surface area (Å²) >= 11 is 0. The molecule has 0 radical (unpaired) electrons. The maximum Gasteiger partial charge on any atom is 0.224 e. The second kappa shape index (κ2) is 9.57. The molecule has 5 nitrogen and oxygen atoms in total. The molecule has 0 aromatic carbocycles. The minimum absolute atomic E-state index is 0.0371. The van der Waals surface area contributed by atoms with E-state index in [0.717, 1.165) is 12.8 Å². The van der Waals surface area contributed by atoms with Crippen LogP contribution in [0.3, 0.4) is 0 Å². The highest BCUT2D eigenvalue weighted by Gasteiger charge is 2.19. The van der Waals surface area contributed by atoms with Crippen molar-refractivity contribution in [2.75, 3.05) is 26.9 Å². The lowest BCUT2D eigenvalue weighted by atomic mass is 10.0. The number of carbonyl (C=O) groups excluding carboxylic acids is 1. The van der Waals surface area contributed by atoms with Crippen LogP contribution in [0.1, 0.15) is 26.2 Å². The topological polar surface area (TPSA) is 84.6 Å². The lowest BCUT2D eigenvalue weighted by Gasteiger charge is -2.20. The number of hydrogen-bond acceptors (Lipinski definition) is 4. The third-order valence-corrected chi connectivity index (χ3v) is 2.48. The number of aliphatic hydroxyl groups is 1. The molecule has 0 rings (SSSR count). The third kappa shape index (κ3) is 6.05. The quantitative estimate of drug-likeness (QED) is 0.517. The van der Waals surface area contributed by atoms with E-state index < -0.39 is 0 Å². The van der Waals surface area contributed by atoms with Crippen molar-refractivity contribution in [3.8, 4) is 0 Å². The monoisotopic (exact) mass is 232 g/mol. The summed E-state index contributed by atoms with van der Waals surface area (Å²) in [6.45, 7) is 2.83. The van der Waals surface area contributed by atoms with Crippen molar-refractivity contribution in [2.24, 2.45) is 11.7 Å². The van der Waals surface area contributed by atoms with E-state index >= 15 is 0 Å². The van der Waals surface area contributed by atoms with Gasteiger partial charge < -0.3 is 20.9 Å². The zero-order valence-corrected chi connectivity index (χ0v) is 10.2. The Hall–Kier alpha value is -0.650. The van der Waals surface area contributed by atoms with Crippen molar-refractivity contribution >= 4 is 5.91 Å². The number of nitrogens with two attached hydrogens (primary N) is 1. The number of rotatable bonds is 9. The minimum atomic E-state index is -0.136. The highest BCUT2D eigenvalue weighted by atomic mass is 16.5. The first-order valence-corrected chi connectivity index (χ1v) is 5.79. The van der Waals surface area contributed by atoms with Gasteiger partial charge in [-0.3, -0.25) is 4.79 Å². The van der Waals surface area contributed by atoms with Crippen LogP contribution in [-0.4, -0.2) is 43.9 Å². The highest BCUT2D eigenvalue weighted by Crippen LogP contribution is 2.05. The summed E-state index contributed by atoms with van der Waals surface area (Å²) in [6, 6.07) is -0.131. The van der Waals surface area contributed by atoms with Crippen LogP contribution >= 0.6 is 0 Å². The molecule has 4 N–H and O–H groups in total. The van der Waals surface area contributed by atoms with Crippen molar-refractivity contribution in [1.82, 2.24) is 5.32 Å². The average molecular weight is 232 g/mol. The first-order valence-electron chi connectivity index (χ1n) is 5.79. The Bertz CT molecular complexity index is 182. The number of carbonyl (C=O) groups is 1. The van der Waals surface area contributed by atoms with Crippen LogP contribution in [0.25, 0.3) is 0 Å². The van der Waals surface area contributed by atoms with Crippen LogP contribution in [0.15, 0.2) is 0 Å². The van der Waals surface area contributed by atoms with Gasteiger partial charge in [0.15, 0.2) is 0 Å². The van der Waals surface area contributed by atoms with Gasteiger partial charge in [-0.2, -0.15) is 0 Å². The number of hydrogen-bond donors (Lipinski definition) is 3. The van der Waals surface area contributed by atoms with Crippen molar-refractivity contribution in [2.45, 2.75) is 32.2 Å². The molecule has 0 saturated carbocycles. The van der Waals surface area contributed by atoms with Gasteiger partial charge in [0.05, 0.1) is 18.6 Å². The zero-order chi connectivity index (χ0) is 12.4. The smallest absolute Gasteiger partial charge is 0.224 e. The number of aliphatic hydroxyl groups excluding tert-OH is 1. The molecule has 0 fully saturated rings. The molecule has 16 heavy (non-hydrogen) atoms. The van der Waals surface area contributed by atoms with Crippen LogP contribution < -0.4 is 11.1 Å². The largest absolute Gasteiger partial charge is 0.396 e. The highest BCUT2D eigenvalue weighted by molar-refractivity contribution is 5.79. The van der Waals surface area contributed by atoms with Gasteiger partial charge >= 0.3 is 0 Å². The average Bonchev–Trinajstić information content (AvgIpc) is 2.26. The Morgan fingerprint density at radius 2 is 2.19 bits per heavy atom.